The van der Waals surface area contributed by atoms with Crippen molar-refractivity contribution < 1.29 is 0 Å². The Balaban J connectivity index is 1.99. The van der Waals surface area contributed by atoms with Crippen molar-refractivity contribution in [2.45, 2.75) is 12.5 Å². The molecule has 3 rings (SSSR count). The standard InChI is InChI=1S/C14H16N4O/c15-11-8-9-17(10-11)13-6-7-14(19)18(16-13)12-4-2-1-3-5-12/h1-7,11H,8-10,15H2. The summed E-state index contributed by atoms with van der Waals surface area (Å²) < 4.78 is 1.43. The molecule has 5 heteroatoms. The number of hydrogen-bond acceptors (Lipinski definition) is 4. The highest BCUT2D eigenvalue weighted by Crippen LogP contribution is 2.16. The third kappa shape index (κ3) is 2.37. The molecule has 2 N–H and O–H groups in total. The van der Waals surface area contributed by atoms with E-state index in [1.54, 1.807) is 12.1 Å². The molecule has 1 aromatic carbocycles. The summed E-state index contributed by atoms with van der Waals surface area (Å²) in [5, 5.41) is 4.43. The first kappa shape index (κ1) is 11.9. The molecule has 1 fully saturated rings. The van der Waals surface area contributed by atoms with Crippen LogP contribution in [0.4, 0.5) is 5.82 Å². The number of anilines is 1. The Kier molecular flexibility index (Phi) is 3.05. The lowest BCUT2D eigenvalue weighted by molar-refractivity contribution is 0.745. The van der Waals surface area contributed by atoms with Gasteiger partial charge in [-0.2, -0.15) is 4.68 Å². The third-order valence-electron chi connectivity index (χ3n) is 3.34. The molecule has 1 aliphatic heterocycles. The van der Waals surface area contributed by atoms with Gasteiger partial charge in [-0.05, 0) is 24.6 Å². The van der Waals surface area contributed by atoms with Crippen molar-refractivity contribution in [3.8, 4) is 5.69 Å². The number of para-hydroxylation sites is 1. The van der Waals surface area contributed by atoms with Gasteiger partial charge >= 0.3 is 0 Å². The SMILES string of the molecule is NC1CCN(c2ccc(=O)n(-c3ccccc3)n2)C1. The molecule has 0 saturated carbocycles. The van der Waals surface area contributed by atoms with Crippen LogP contribution < -0.4 is 16.2 Å². The maximum Gasteiger partial charge on any atom is 0.271 e. The first-order valence-corrected chi connectivity index (χ1v) is 6.40. The minimum absolute atomic E-state index is 0.126. The van der Waals surface area contributed by atoms with Crippen LogP contribution in [0.2, 0.25) is 0 Å². The van der Waals surface area contributed by atoms with E-state index < -0.39 is 0 Å². The molecule has 1 saturated heterocycles. The molecule has 2 aromatic rings. The quantitative estimate of drug-likeness (QED) is 0.862. The molecular formula is C14H16N4O. The van der Waals surface area contributed by atoms with E-state index >= 15 is 0 Å². The first-order valence-electron chi connectivity index (χ1n) is 6.40. The molecule has 1 unspecified atom stereocenters. The minimum Gasteiger partial charge on any atom is -0.354 e. The van der Waals surface area contributed by atoms with Gasteiger partial charge in [-0.3, -0.25) is 4.79 Å². The molecule has 0 bridgehead atoms. The van der Waals surface area contributed by atoms with Crippen LogP contribution in [0.5, 0.6) is 0 Å². The molecule has 0 amide bonds. The van der Waals surface area contributed by atoms with Crippen LogP contribution in [0.1, 0.15) is 6.42 Å². The van der Waals surface area contributed by atoms with Crippen LogP contribution >= 0.6 is 0 Å². The Morgan fingerprint density at radius 1 is 1.16 bits per heavy atom. The Labute approximate surface area is 111 Å². The fourth-order valence-electron chi connectivity index (χ4n) is 2.32. The van der Waals surface area contributed by atoms with Crippen LogP contribution in [-0.4, -0.2) is 28.9 Å². The van der Waals surface area contributed by atoms with Gasteiger partial charge in [0, 0.05) is 25.2 Å². The van der Waals surface area contributed by atoms with Crippen molar-refractivity contribution >= 4 is 5.82 Å². The monoisotopic (exact) mass is 256 g/mol. The summed E-state index contributed by atoms with van der Waals surface area (Å²) in [5.41, 5.74) is 6.55. The number of aromatic nitrogens is 2. The smallest absolute Gasteiger partial charge is 0.271 e. The molecule has 0 radical (unpaired) electrons. The van der Waals surface area contributed by atoms with Crippen molar-refractivity contribution in [3.63, 3.8) is 0 Å². The highest BCUT2D eigenvalue weighted by Gasteiger charge is 2.20. The zero-order valence-electron chi connectivity index (χ0n) is 10.6. The highest BCUT2D eigenvalue weighted by atomic mass is 16.1. The predicted molar refractivity (Wildman–Crippen MR) is 74.6 cm³/mol. The van der Waals surface area contributed by atoms with E-state index in [0.717, 1.165) is 31.0 Å². The molecule has 0 aliphatic carbocycles. The van der Waals surface area contributed by atoms with Crippen molar-refractivity contribution in [3.05, 3.63) is 52.8 Å². The second-order valence-corrected chi connectivity index (χ2v) is 4.77. The largest absolute Gasteiger partial charge is 0.354 e. The molecule has 19 heavy (non-hydrogen) atoms. The number of benzene rings is 1. The van der Waals surface area contributed by atoms with Crippen molar-refractivity contribution in [1.29, 1.82) is 0 Å². The van der Waals surface area contributed by atoms with Gasteiger partial charge in [0.1, 0.15) is 5.82 Å². The van der Waals surface area contributed by atoms with Gasteiger partial charge in [-0.25, -0.2) is 0 Å². The van der Waals surface area contributed by atoms with Crippen LogP contribution in [0.3, 0.4) is 0 Å². The van der Waals surface area contributed by atoms with Gasteiger partial charge in [0.15, 0.2) is 0 Å². The topological polar surface area (TPSA) is 64.2 Å². The fourth-order valence-corrected chi connectivity index (χ4v) is 2.32. The van der Waals surface area contributed by atoms with Crippen LogP contribution in [-0.2, 0) is 0 Å². The van der Waals surface area contributed by atoms with Gasteiger partial charge in [-0.1, -0.05) is 18.2 Å². The van der Waals surface area contributed by atoms with Crippen molar-refractivity contribution in [2.24, 2.45) is 5.73 Å². The minimum atomic E-state index is -0.126. The number of rotatable bonds is 2. The number of nitrogens with zero attached hydrogens (tertiary/aromatic N) is 3. The summed E-state index contributed by atoms with van der Waals surface area (Å²) in [4.78, 5) is 14.0. The second kappa shape index (κ2) is 4.85. The van der Waals surface area contributed by atoms with E-state index in [9.17, 15) is 4.79 Å². The Hall–Kier alpha value is -2.14. The van der Waals surface area contributed by atoms with Gasteiger partial charge in [0.25, 0.3) is 5.56 Å². The van der Waals surface area contributed by atoms with Gasteiger partial charge in [-0.15, -0.1) is 5.10 Å². The second-order valence-electron chi connectivity index (χ2n) is 4.77. The predicted octanol–water partition coefficient (Wildman–Crippen LogP) is 0.770. The lowest BCUT2D eigenvalue weighted by Gasteiger charge is -2.17. The van der Waals surface area contributed by atoms with E-state index in [1.165, 1.54) is 4.68 Å². The van der Waals surface area contributed by atoms with E-state index in [0.29, 0.717) is 0 Å². The van der Waals surface area contributed by atoms with Crippen LogP contribution in [0, 0.1) is 0 Å². The van der Waals surface area contributed by atoms with E-state index in [-0.39, 0.29) is 11.6 Å². The summed E-state index contributed by atoms with van der Waals surface area (Å²) in [7, 11) is 0. The zero-order chi connectivity index (χ0) is 13.2. The van der Waals surface area contributed by atoms with Crippen LogP contribution in [0.25, 0.3) is 5.69 Å². The maximum atomic E-state index is 11.9. The van der Waals surface area contributed by atoms with E-state index in [1.807, 2.05) is 30.3 Å². The van der Waals surface area contributed by atoms with E-state index in [2.05, 4.69) is 10.00 Å². The maximum absolute atomic E-state index is 11.9. The van der Waals surface area contributed by atoms with Crippen LogP contribution in [0.15, 0.2) is 47.3 Å². The van der Waals surface area contributed by atoms with Gasteiger partial charge < -0.3 is 10.6 Å². The molecule has 2 heterocycles. The summed E-state index contributed by atoms with van der Waals surface area (Å²) in [6.07, 6.45) is 0.964. The van der Waals surface area contributed by atoms with Crippen molar-refractivity contribution in [2.75, 3.05) is 18.0 Å². The molecule has 5 nitrogen and oxygen atoms in total. The normalized spacial score (nSPS) is 18.8. The Bertz CT molecular complexity index is 623. The highest BCUT2D eigenvalue weighted by molar-refractivity contribution is 5.40. The average Bonchev–Trinajstić information content (AvgIpc) is 2.87. The Morgan fingerprint density at radius 3 is 2.63 bits per heavy atom. The lowest BCUT2D eigenvalue weighted by Crippen LogP contribution is -2.29. The molecule has 0 spiro atoms. The lowest BCUT2D eigenvalue weighted by atomic mass is 10.3. The van der Waals surface area contributed by atoms with E-state index in [4.69, 9.17) is 5.73 Å². The third-order valence-corrected chi connectivity index (χ3v) is 3.34. The first-order chi connectivity index (χ1) is 9.24. The number of hydrogen-bond donors (Lipinski definition) is 1. The fraction of sp³-hybridized carbons (Fsp3) is 0.286. The van der Waals surface area contributed by atoms with Crippen molar-refractivity contribution in [1.82, 2.24) is 9.78 Å². The summed E-state index contributed by atoms with van der Waals surface area (Å²) >= 11 is 0. The molecule has 1 atom stereocenters. The molecule has 1 aromatic heterocycles. The summed E-state index contributed by atoms with van der Waals surface area (Å²) in [6, 6.07) is 12.9. The molecule has 1 aliphatic rings. The summed E-state index contributed by atoms with van der Waals surface area (Å²) in [6.45, 7) is 1.68. The number of nitrogens with two attached hydrogens (primary N) is 1. The van der Waals surface area contributed by atoms with Gasteiger partial charge in [0.2, 0.25) is 0 Å². The van der Waals surface area contributed by atoms with Gasteiger partial charge in [0.05, 0.1) is 5.69 Å². The zero-order valence-corrected chi connectivity index (χ0v) is 10.6. The Morgan fingerprint density at radius 2 is 1.95 bits per heavy atom. The molecule has 98 valence electrons. The summed E-state index contributed by atoms with van der Waals surface area (Å²) in [5.74, 6) is 0.802. The average molecular weight is 256 g/mol. The molecular weight excluding hydrogens is 240 g/mol.